The first-order chi connectivity index (χ1) is 10.1. The number of nitrogens with zero attached hydrogens (tertiary/aromatic N) is 3. The van der Waals surface area contributed by atoms with Crippen molar-refractivity contribution in [3.63, 3.8) is 0 Å². The van der Waals surface area contributed by atoms with Crippen LogP contribution in [0.5, 0.6) is 0 Å². The Bertz CT molecular complexity index is 550. The normalized spacial score (nSPS) is 14.3. The Kier molecular flexibility index (Phi) is 6.59. The highest BCUT2D eigenvalue weighted by Crippen LogP contribution is 2.32. The van der Waals surface area contributed by atoms with Crippen molar-refractivity contribution in [2.24, 2.45) is 0 Å². The Morgan fingerprint density at radius 3 is 3.24 bits per heavy atom. The number of imidazole rings is 1. The summed E-state index contributed by atoms with van der Waals surface area (Å²) in [4.78, 5) is 14.3. The summed E-state index contributed by atoms with van der Waals surface area (Å²) in [6, 6.07) is 0. The molecule has 6 nitrogen and oxygen atoms in total. The molecule has 2 heterocycles. The van der Waals surface area contributed by atoms with E-state index >= 15 is 0 Å². The summed E-state index contributed by atoms with van der Waals surface area (Å²) < 4.78 is 2.17. The van der Waals surface area contributed by atoms with Crippen LogP contribution >= 0.6 is 46.9 Å². The molecule has 0 spiro atoms. The molecule has 1 aromatic rings. The van der Waals surface area contributed by atoms with Gasteiger partial charge in [-0.15, -0.1) is 11.8 Å². The van der Waals surface area contributed by atoms with Crippen molar-refractivity contribution in [1.82, 2.24) is 14.9 Å². The summed E-state index contributed by atoms with van der Waals surface area (Å²) in [5.41, 5.74) is 1.08. The molecule has 1 aliphatic rings. The SMILES string of the molecule is CS/C(=C\[N+](=O)[O-])NCCSCc1c(Cl)nc2n1CCS2. The number of nitro groups is 1. The molecule has 21 heavy (non-hydrogen) atoms. The highest BCUT2D eigenvalue weighted by molar-refractivity contribution is 8.02. The Hall–Kier alpha value is -0.510. The third-order valence-corrected chi connectivity index (χ3v) is 5.68. The molecule has 0 atom stereocenters. The maximum absolute atomic E-state index is 10.4. The lowest BCUT2D eigenvalue weighted by atomic mass is 10.5. The van der Waals surface area contributed by atoms with Crippen molar-refractivity contribution in [1.29, 1.82) is 0 Å². The molecule has 1 aliphatic heterocycles. The number of halogens is 1. The van der Waals surface area contributed by atoms with Gasteiger partial charge in [-0.25, -0.2) is 4.98 Å². The monoisotopic (exact) mass is 366 g/mol. The largest absolute Gasteiger partial charge is 0.374 e. The Balaban J connectivity index is 1.74. The van der Waals surface area contributed by atoms with Crippen LogP contribution in [-0.2, 0) is 12.3 Å². The van der Waals surface area contributed by atoms with Gasteiger partial charge in [0.15, 0.2) is 10.3 Å². The van der Waals surface area contributed by atoms with E-state index in [1.165, 1.54) is 11.8 Å². The standard InChI is InChI=1S/C11H15ClN4O2S3/c1-19-9(6-16(17)18)13-2-4-20-7-8-10(12)14-11-15(8)3-5-21-11/h6,13H,2-5,7H2,1H3/b9-6-. The zero-order valence-corrected chi connectivity index (χ0v) is 14.6. The summed E-state index contributed by atoms with van der Waals surface area (Å²) in [5, 5.41) is 15.6. The van der Waals surface area contributed by atoms with Crippen LogP contribution in [0.4, 0.5) is 0 Å². The Morgan fingerprint density at radius 1 is 1.71 bits per heavy atom. The van der Waals surface area contributed by atoms with Crippen molar-refractivity contribution < 1.29 is 4.92 Å². The van der Waals surface area contributed by atoms with Crippen LogP contribution in [0.15, 0.2) is 16.4 Å². The van der Waals surface area contributed by atoms with Gasteiger partial charge in [0, 0.05) is 30.3 Å². The van der Waals surface area contributed by atoms with Crippen LogP contribution in [0.1, 0.15) is 5.69 Å². The Labute approximate surface area is 140 Å². The maximum Gasteiger partial charge on any atom is 0.263 e. The van der Waals surface area contributed by atoms with Gasteiger partial charge in [0.25, 0.3) is 6.20 Å². The molecule has 1 aromatic heterocycles. The number of hydrogen-bond acceptors (Lipinski definition) is 7. The number of hydrogen-bond donors (Lipinski definition) is 1. The summed E-state index contributed by atoms with van der Waals surface area (Å²) in [7, 11) is 0. The van der Waals surface area contributed by atoms with Gasteiger partial charge in [0.05, 0.1) is 10.6 Å². The predicted octanol–water partition coefficient (Wildman–Crippen LogP) is 2.90. The molecule has 0 unspecified atom stereocenters. The zero-order chi connectivity index (χ0) is 15.2. The van der Waals surface area contributed by atoms with Gasteiger partial charge < -0.3 is 9.88 Å². The molecule has 0 radical (unpaired) electrons. The van der Waals surface area contributed by atoms with Gasteiger partial charge in [-0.1, -0.05) is 23.4 Å². The van der Waals surface area contributed by atoms with E-state index in [1.807, 2.05) is 6.26 Å². The van der Waals surface area contributed by atoms with E-state index in [1.54, 1.807) is 23.5 Å². The third kappa shape index (κ3) is 4.73. The molecule has 0 bridgehead atoms. The molecular formula is C11H15ClN4O2S3. The maximum atomic E-state index is 10.4. The molecular weight excluding hydrogens is 352 g/mol. The van der Waals surface area contributed by atoms with Crippen LogP contribution in [0.2, 0.25) is 5.15 Å². The quantitative estimate of drug-likeness (QED) is 0.430. The second-order valence-electron chi connectivity index (χ2n) is 4.09. The molecule has 1 N–H and O–H groups in total. The van der Waals surface area contributed by atoms with E-state index in [4.69, 9.17) is 11.6 Å². The highest BCUT2D eigenvalue weighted by atomic mass is 35.5. The third-order valence-electron chi connectivity index (χ3n) is 2.76. The van der Waals surface area contributed by atoms with Gasteiger partial charge >= 0.3 is 0 Å². The van der Waals surface area contributed by atoms with Gasteiger partial charge in [-0.3, -0.25) is 10.1 Å². The summed E-state index contributed by atoms with van der Waals surface area (Å²) in [5.74, 6) is 2.71. The van der Waals surface area contributed by atoms with E-state index in [2.05, 4.69) is 14.9 Å². The molecule has 0 aliphatic carbocycles. The summed E-state index contributed by atoms with van der Waals surface area (Å²) >= 11 is 10.9. The fraction of sp³-hybridized carbons (Fsp3) is 0.545. The highest BCUT2D eigenvalue weighted by Gasteiger charge is 2.20. The Morgan fingerprint density at radius 2 is 2.52 bits per heavy atom. The lowest BCUT2D eigenvalue weighted by Crippen LogP contribution is -2.15. The van der Waals surface area contributed by atoms with Crippen molar-refractivity contribution in [3.8, 4) is 0 Å². The van der Waals surface area contributed by atoms with Crippen molar-refractivity contribution >= 4 is 46.9 Å². The van der Waals surface area contributed by atoms with Gasteiger partial charge in [-0.2, -0.15) is 11.8 Å². The number of fused-ring (bicyclic) bond motifs is 1. The van der Waals surface area contributed by atoms with E-state index in [0.29, 0.717) is 16.7 Å². The topological polar surface area (TPSA) is 73.0 Å². The average molecular weight is 367 g/mol. The van der Waals surface area contributed by atoms with Gasteiger partial charge in [0.2, 0.25) is 0 Å². The molecule has 0 aromatic carbocycles. The number of aromatic nitrogens is 2. The smallest absolute Gasteiger partial charge is 0.263 e. The van der Waals surface area contributed by atoms with Crippen LogP contribution < -0.4 is 5.32 Å². The summed E-state index contributed by atoms with van der Waals surface area (Å²) in [6.07, 6.45) is 2.80. The fourth-order valence-corrected chi connectivity index (χ4v) is 4.49. The molecule has 0 amide bonds. The number of thioether (sulfide) groups is 3. The van der Waals surface area contributed by atoms with Crippen LogP contribution in [0, 0.1) is 10.1 Å². The van der Waals surface area contributed by atoms with E-state index in [-0.39, 0.29) is 0 Å². The molecule has 0 fully saturated rings. The fourth-order valence-electron chi connectivity index (χ4n) is 1.82. The minimum absolute atomic E-state index is 0.445. The molecule has 0 saturated carbocycles. The van der Waals surface area contributed by atoms with E-state index in [9.17, 15) is 10.1 Å². The first kappa shape index (κ1) is 16.9. The number of nitrogens with one attached hydrogen (secondary N) is 1. The van der Waals surface area contributed by atoms with Crippen LogP contribution in [0.25, 0.3) is 0 Å². The van der Waals surface area contributed by atoms with Crippen molar-refractivity contribution in [3.05, 3.63) is 32.2 Å². The molecule has 116 valence electrons. The average Bonchev–Trinajstić information content (AvgIpc) is 2.98. The lowest BCUT2D eigenvalue weighted by Gasteiger charge is -2.07. The van der Waals surface area contributed by atoms with Crippen LogP contribution in [-0.4, -0.2) is 38.8 Å². The first-order valence-corrected chi connectivity index (χ1v) is 9.94. The van der Waals surface area contributed by atoms with Crippen molar-refractivity contribution in [2.75, 3.05) is 24.3 Å². The minimum atomic E-state index is -0.445. The van der Waals surface area contributed by atoms with Crippen molar-refractivity contribution in [2.45, 2.75) is 17.5 Å². The second kappa shape index (κ2) is 8.21. The molecule has 0 saturated heterocycles. The zero-order valence-electron chi connectivity index (χ0n) is 11.4. The van der Waals surface area contributed by atoms with Gasteiger partial charge in [-0.05, 0) is 6.26 Å². The van der Waals surface area contributed by atoms with Gasteiger partial charge in [0.1, 0.15) is 5.03 Å². The van der Waals surface area contributed by atoms with E-state index < -0.39 is 4.92 Å². The first-order valence-electron chi connectivity index (χ1n) is 6.20. The van der Waals surface area contributed by atoms with Crippen LogP contribution in [0.3, 0.4) is 0 Å². The molecule has 10 heteroatoms. The molecule has 2 rings (SSSR count). The predicted molar refractivity (Wildman–Crippen MR) is 90.7 cm³/mol. The van der Waals surface area contributed by atoms with E-state index in [0.717, 1.165) is 40.9 Å². The number of rotatable bonds is 8. The summed E-state index contributed by atoms with van der Waals surface area (Å²) in [6.45, 7) is 1.65. The second-order valence-corrected chi connectivity index (χ2v) is 7.47. The minimum Gasteiger partial charge on any atom is -0.374 e. The lowest BCUT2D eigenvalue weighted by molar-refractivity contribution is -0.403.